The smallest absolute Gasteiger partial charge is 0.320 e. The zero-order chi connectivity index (χ0) is 9.68. The van der Waals surface area contributed by atoms with Gasteiger partial charge in [-0.15, -0.1) is 0 Å². The molecule has 2 N–H and O–H groups in total. The molecule has 0 aromatic heterocycles. The molecule has 0 saturated heterocycles. The highest BCUT2D eigenvalue weighted by molar-refractivity contribution is 5.72. The summed E-state index contributed by atoms with van der Waals surface area (Å²) in [4.78, 5) is 10.6. The maximum absolute atomic E-state index is 10.6. The van der Waals surface area contributed by atoms with Crippen molar-refractivity contribution in [2.24, 2.45) is 0 Å². The molecule has 3 heteroatoms. The number of hydrogen-bond acceptors (Lipinski definition) is 2. The Bertz CT molecular complexity index is 162. The van der Waals surface area contributed by atoms with E-state index in [1.165, 1.54) is 25.7 Å². The van der Waals surface area contributed by atoms with Gasteiger partial charge in [-0.3, -0.25) is 4.79 Å². The molecule has 0 aromatic carbocycles. The van der Waals surface area contributed by atoms with Crippen LogP contribution in [0.4, 0.5) is 0 Å². The van der Waals surface area contributed by atoms with Gasteiger partial charge in [-0.25, -0.2) is 0 Å². The molecule has 0 heterocycles. The Morgan fingerprint density at radius 1 is 1.31 bits per heavy atom. The summed E-state index contributed by atoms with van der Waals surface area (Å²) in [5.41, 5.74) is 0. The lowest BCUT2D eigenvalue weighted by atomic mass is 10.1. The second-order valence-electron chi connectivity index (χ2n) is 3.92. The van der Waals surface area contributed by atoms with Crippen LogP contribution in [-0.2, 0) is 4.79 Å². The first-order chi connectivity index (χ1) is 6.20. The van der Waals surface area contributed by atoms with Gasteiger partial charge in [0.05, 0.1) is 0 Å². The predicted molar refractivity (Wildman–Crippen MR) is 51.7 cm³/mol. The summed E-state index contributed by atoms with van der Waals surface area (Å²) in [6, 6.07) is 0.0247. The van der Waals surface area contributed by atoms with E-state index in [0.717, 1.165) is 12.8 Å². The second-order valence-corrected chi connectivity index (χ2v) is 3.92. The van der Waals surface area contributed by atoms with Crippen molar-refractivity contribution in [3.63, 3.8) is 0 Å². The number of aliphatic carboxylic acids is 1. The molecule has 1 fully saturated rings. The molecule has 0 amide bonds. The number of nitrogens with one attached hydrogen (secondary N) is 1. The molecule has 13 heavy (non-hydrogen) atoms. The molecule has 0 aromatic rings. The summed E-state index contributed by atoms with van der Waals surface area (Å²) in [5, 5.41) is 11.9. The summed E-state index contributed by atoms with van der Waals surface area (Å²) in [6.07, 6.45) is 7.36. The third-order valence-electron chi connectivity index (χ3n) is 2.71. The van der Waals surface area contributed by atoms with Crippen molar-refractivity contribution in [2.45, 2.75) is 57.5 Å². The monoisotopic (exact) mass is 185 g/mol. The van der Waals surface area contributed by atoms with Crippen LogP contribution in [-0.4, -0.2) is 23.2 Å². The van der Waals surface area contributed by atoms with Crippen molar-refractivity contribution >= 4 is 5.97 Å². The van der Waals surface area contributed by atoms with Crippen molar-refractivity contribution in [2.75, 3.05) is 0 Å². The molecule has 1 atom stereocenters. The normalized spacial score (nSPS) is 22.2. The molecule has 0 aliphatic heterocycles. The molecule has 1 rings (SSSR count). The van der Waals surface area contributed by atoms with E-state index < -0.39 is 12.0 Å². The van der Waals surface area contributed by atoms with Crippen LogP contribution in [0.15, 0.2) is 0 Å². The molecule has 1 aliphatic carbocycles. The molecule has 76 valence electrons. The lowest BCUT2D eigenvalue weighted by Crippen LogP contribution is -2.41. The van der Waals surface area contributed by atoms with Crippen LogP contribution in [0.25, 0.3) is 0 Å². The number of rotatable bonds is 3. The highest BCUT2D eigenvalue weighted by Crippen LogP contribution is 2.17. The van der Waals surface area contributed by atoms with E-state index in [2.05, 4.69) is 5.32 Å². The zero-order valence-electron chi connectivity index (χ0n) is 8.25. The number of carboxylic acids is 1. The van der Waals surface area contributed by atoms with Gasteiger partial charge in [0.15, 0.2) is 0 Å². The largest absolute Gasteiger partial charge is 0.480 e. The van der Waals surface area contributed by atoms with E-state index >= 15 is 0 Å². The molecule has 0 radical (unpaired) electrons. The van der Waals surface area contributed by atoms with Crippen LogP contribution in [0.3, 0.4) is 0 Å². The predicted octanol–water partition coefficient (Wildman–Crippen LogP) is 1.77. The van der Waals surface area contributed by atoms with Crippen molar-refractivity contribution in [3.8, 4) is 0 Å². The van der Waals surface area contributed by atoms with Gasteiger partial charge in [-0.1, -0.05) is 25.7 Å². The molecular weight excluding hydrogens is 166 g/mol. The molecular formula is C10H19NO2. The maximum atomic E-state index is 10.6. The average molecular weight is 185 g/mol. The van der Waals surface area contributed by atoms with Gasteiger partial charge in [0, 0.05) is 6.04 Å². The molecule has 3 nitrogen and oxygen atoms in total. The summed E-state index contributed by atoms with van der Waals surface area (Å²) < 4.78 is 0. The number of carbonyl (C=O) groups is 1. The fraction of sp³-hybridized carbons (Fsp3) is 0.900. The van der Waals surface area contributed by atoms with E-state index in [-0.39, 0.29) is 0 Å². The summed E-state index contributed by atoms with van der Waals surface area (Å²) in [6.45, 7) is 1.72. The van der Waals surface area contributed by atoms with E-state index in [1.54, 1.807) is 6.92 Å². The van der Waals surface area contributed by atoms with Gasteiger partial charge < -0.3 is 10.4 Å². The Hall–Kier alpha value is -0.570. The van der Waals surface area contributed by atoms with E-state index in [9.17, 15) is 4.79 Å². The standard InChI is InChI=1S/C10H19NO2/c1-8(10(12)13)11-9-6-4-2-3-5-7-9/h8-9,11H,2-7H2,1H3,(H,12,13)/t8-/m1/s1. The summed E-state index contributed by atoms with van der Waals surface area (Å²) in [7, 11) is 0. The molecule has 0 bridgehead atoms. The molecule has 0 unspecified atom stereocenters. The Morgan fingerprint density at radius 3 is 2.31 bits per heavy atom. The highest BCUT2D eigenvalue weighted by Gasteiger charge is 2.17. The Labute approximate surface area is 79.5 Å². The zero-order valence-corrected chi connectivity index (χ0v) is 8.25. The van der Waals surface area contributed by atoms with Crippen LogP contribution in [0.1, 0.15) is 45.4 Å². The highest BCUT2D eigenvalue weighted by atomic mass is 16.4. The summed E-state index contributed by atoms with van der Waals surface area (Å²) >= 11 is 0. The third-order valence-corrected chi connectivity index (χ3v) is 2.71. The van der Waals surface area contributed by atoms with E-state index in [4.69, 9.17) is 5.11 Å². The number of hydrogen-bond donors (Lipinski definition) is 2. The van der Waals surface area contributed by atoms with Crippen molar-refractivity contribution in [1.82, 2.24) is 5.32 Å². The van der Waals surface area contributed by atoms with Gasteiger partial charge in [0.1, 0.15) is 6.04 Å². The lowest BCUT2D eigenvalue weighted by Gasteiger charge is -2.18. The van der Waals surface area contributed by atoms with Gasteiger partial charge in [0.2, 0.25) is 0 Å². The molecule has 1 aliphatic rings. The van der Waals surface area contributed by atoms with Gasteiger partial charge in [-0.2, -0.15) is 0 Å². The van der Waals surface area contributed by atoms with Gasteiger partial charge in [-0.05, 0) is 19.8 Å². The number of carboxylic acid groups (broad SMARTS) is 1. The Morgan fingerprint density at radius 2 is 1.85 bits per heavy atom. The van der Waals surface area contributed by atoms with Crippen LogP contribution < -0.4 is 5.32 Å². The first kappa shape index (κ1) is 10.5. The minimum atomic E-state index is -0.746. The first-order valence-electron chi connectivity index (χ1n) is 5.19. The van der Waals surface area contributed by atoms with Crippen molar-refractivity contribution < 1.29 is 9.90 Å². The second kappa shape index (κ2) is 5.22. The van der Waals surface area contributed by atoms with Crippen molar-refractivity contribution in [3.05, 3.63) is 0 Å². The Balaban J connectivity index is 2.29. The van der Waals surface area contributed by atoms with Crippen LogP contribution in [0.2, 0.25) is 0 Å². The van der Waals surface area contributed by atoms with Crippen molar-refractivity contribution in [1.29, 1.82) is 0 Å². The SMILES string of the molecule is C[C@@H](NC1CCCCCC1)C(=O)O. The van der Waals surface area contributed by atoms with Crippen LogP contribution in [0, 0.1) is 0 Å². The molecule has 0 spiro atoms. The Kier molecular flexibility index (Phi) is 4.22. The topological polar surface area (TPSA) is 49.3 Å². The third kappa shape index (κ3) is 3.77. The van der Waals surface area contributed by atoms with Crippen LogP contribution in [0.5, 0.6) is 0 Å². The van der Waals surface area contributed by atoms with E-state index in [0.29, 0.717) is 6.04 Å². The maximum Gasteiger partial charge on any atom is 0.320 e. The van der Waals surface area contributed by atoms with E-state index in [1.807, 2.05) is 0 Å². The summed E-state index contributed by atoms with van der Waals surface area (Å²) in [5.74, 6) is -0.746. The fourth-order valence-corrected chi connectivity index (χ4v) is 1.87. The molecule has 1 saturated carbocycles. The minimum Gasteiger partial charge on any atom is -0.480 e. The van der Waals surface area contributed by atoms with Crippen LogP contribution >= 0.6 is 0 Å². The first-order valence-corrected chi connectivity index (χ1v) is 5.19. The fourth-order valence-electron chi connectivity index (χ4n) is 1.87. The minimum absolute atomic E-state index is 0.400. The lowest BCUT2D eigenvalue weighted by molar-refractivity contribution is -0.139. The quantitative estimate of drug-likeness (QED) is 0.659. The van der Waals surface area contributed by atoms with Gasteiger partial charge >= 0.3 is 5.97 Å². The average Bonchev–Trinajstić information content (AvgIpc) is 2.32. The van der Waals surface area contributed by atoms with Gasteiger partial charge in [0.25, 0.3) is 0 Å².